The standard InChI is InChI=1S/C17H18F3NOS/c1-3-4-9-21-12(2)11-23-16(21)10-15(22)13-7-5-6-8-14(13)17(18,19)20/h5-8,10-11H,3-4,9H2,1-2H3. The minimum absolute atomic E-state index is 0.312. The van der Waals surface area contributed by atoms with Crippen LogP contribution in [0.25, 0.3) is 0 Å². The van der Waals surface area contributed by atoms with Crippen LogP contribution in [0.5, 0.6) is 0 Å². The third kappa shape index (κ3) is 4.19. The number of benzene rings is 1. The summed E-state index contributed by atoms with van der Waals surface area (Å²) in [5.74, 6) is -0.620. The number of thioether (sulfide) groups is 1. The summed E-state index contributed by atoms with van der Waals surface area (Å²) in [5.41, 5.74) is -0.200. The highest BCUT2D eigenvalue weighted by Crippen LogP contribution is 2.36. The van der Waals surface area contributed by atoms with Crippen molar-refractivity contribution >= 4 is 17.5 Å². The first kappa shape index (κ1) is 17.7. The Morgan fingerprint density at radius 3 is 2.65 bits per heavy atom. The second-order valence-electron chi connectivity index (χ2n) is 5.27. The van der Waals surface area contributed by atoms with Crippen molar-refractivity contribution in [3.8, 4) is 0 Å². The normalized spacial score (nSPS) is 16.8. The number of allylic oxidation sites excluding steroid dienone is 2. The molecule has 0 aromatic heterocycles. The molecule has 1 aromatic carbocycles. The summed E-state index contributed by atoms with van der Waals surface area (Å²) in [4.78, 5) is 14.3. The van der Waals surface area contributed by atoms with E-state index in [2.05, 4.69) is 6.92 Å². The van der Waals surface area contributed by atoms with Gasteiger partial charge in [-0.3, -0.25) is 4.79 Å². The minimum atomic E-state index is -4.54. The lowest BCUT2D eigenvalue weighted by atomic mass is 10.0. The zero-order valence-corrected chi connectivity index (χ0v) is 13.8. The number of ketones is 1. The first-order chi connectivity index (χ1) is 10.8. The SMILES string of the molecule is CCCCN1C(C)=CSC1=CC(=O)c1ccccc1C(F)(F)F. The molecule has 0 aliphatic carbocycles. The molecule has 6 heteroatoms. The maximum atomic E-state index is 13.0. The molecule has 0 spiro atoms. The summed E-state index contributed by atoms with van der Waals surface area (Å²) in [6.45, 7) is 4.75. The van der Waals surface area contributed by atoms with E-state index in [0.29, 0.717) is 5.03 Å². The van der Waals surface area contributed by atoms with Gasteiger partial charge in [0.05, 0.1) is 10.6 Å². The van der Waals surface area contributed by atoms with Gasteiger partial charge in [-0.2, -0.15) is 13.2 Å². The number of nitrogens with zero attached hydrogens (tertiary/aromatic N) is 1. The number of unbranched alkanes of at least 4 members (excludes halogenated alkanes) is 1. The van der Waals surface area contributed by atoms with Gasteiger partial charge in [0, 0.05) is 23.9 Å². The highest BCUT2D eigenvalue weighted by molar-refractivity contribution is 8.06. The zero-order valence-electron chi connectivity index (χ0n) is 13.0. The van der Waals surface area contributed by atoms with Gasteiger partial charge in [-0.05, 0) is 24.8 Å². The molecular weight excluding hydrogens is 323 g/mol. The number of hydrogen-bond donors (Lipinski definition) is 0. The van der Waals surface area contributed by atoms with Gasteiger partial charge in [-0.1, -0.05) is 43.3 Å². The van der Waals surface area contributed by atoms with E-state index in [9.17, 15) is 18.0 Å². The molecule has 0 amide bonds. The minimum Gasteiger partial charge on any atom is -0.339 e. The summed E-state index contributed by atoms with van der Waals surface area (Å²) in [7, 11) is 0. The molecular formula is C17H18F3NOS. The molecule has 124 valence electrons. The summed E-state index contributed by atoms with van der Waals surface area (Å²) >= 11 is 1.37. The van der Waals surface area contributed by atoms with Gasteiger partial charge in [-0.15, -0.1) is 0 Å². The van der Waals surface area contributed by atoms with Crippen molar-refractivity contribution in [2.45, 2.75) is 32.9 Å². The first-order valence-corrected chi connectivity index (χ1v) is 8.25. The third-order valence-corrected chi connectivity index (χ3v) is 4.57. The van der Waals surface area contributed by atoms with Crippen LogP contribution in [-0.4, -0.2) is 17.2 Å². The van der Waals surface area contributed by atoms with E-state index in [1.165, 1.54) is 36.0 Å². The zero-order chi connectivity index (χ0) is 17.0. The Morgan fingerprint density at radius 1 is 1.30 bits per heavy atom. The monoisotopic (exact) mass is 341 g/mol. The van der Waals surface area contributed by atoms with E-state index in [0.717, 1.165) is 31.1 Å². The third-order valence-electron chi connectivity index (χ3n) is 3.53. The molecule has 0 fully saturated rings. The summed E-state index contributed by atoms with van der Waals surface area (Å²) in [6.07, 6.45) is -1.27. The van der Waals surface area contributed by atoms with Gasteiger partial charge >= 0.3 is 6.18 Å². The molecule has 0 unspecified atom stereocenters. The molecule has 0 bridgehead atoms. The summed E-state index contributed by atoms with van der Waals surface area (Å²) in [5, 5.41) is 2.59. The van der Waals surface area contributed by atoms with Gasteiger partial charge in [0.25, 0.3) is 0 Å². The van der Waals surface area contributed by atoms with Crippen molar-refractivity contribution in [3.63, 3.8) is 0 Å². The second kappa shape index (κ2) is 7.25. The molecule has 0 saturated heterocycles. The van der Waals surface area contributed by atoms with E-state index in [1.54, 1.807) is 0 Å². The van der Waals surface area contributed by atoms with Gasteiger partial charge in [0.1, 0.15) is 0 Å². The Bertz CT molecular complexity index is 649. The van der Waals surface area contributed by atoms with Crippen molar-refractivity contribution in [2.75, 3.05) is 6.54 Å². The molecule has 0 radical (unpaired) electrons. The summed E-state index contributed by atoms with van der Waals surface area (Å²) in [6, 6.07) is 4.89. The average molecular weight is 341 g/mol. The fraction of sp³-hybridized carbons (Fsp3) is 0.353. The fourth-order valence-corrected chi connectivity index (χ4v) is 3.25. The predicted molar refractivity (Wildman–Crippen MR) is 86.8 cm³/mol. The molecule has 0 N–H and O–H groups in total. The predicted octanol–water partition coefficient (Wildman–Crippen LogP) is 5.44. The van der Waals surface area contributed by atoms with Crippen molar-refractivity contribution in [1.29, 1.82) is 0 Å². The number of hydrogen-bond acceptors (Lipinski definition) is 3. The Hall–Kier alpha value is -1.69. The molecule has 0 atom stereocenters. The molecule has 2 nitrogen and oxygen atoms in total. The van der Waals surface area contributed by atoms with Crippen molar-refractivity contribution in [2.24, 2.45) is 0 Å². The fourth-order valence-electron chi connectivity index (χ4n) is 2.30. The van der Waals surface area contributed by atoms with Crippen LogP contribution in [0.2, 0.25) is 0 Å². The van der Waals surface area contributed by atoms with Crippen molar-refractivity contribution < 1.29 is 18.0 Å². The van der Waals surface area contributed by atoms with E-state index >= 15 is 0 Å². The molecule has 1 heterocycles. The smallest absolute Gasteiger partial charge is 0.339 e. The van der Waals surface area contributed by atoms with E-state index < -0.39 is 17.5 Å². The molecule has 1 aromatic rings. The number of carbonyl (C=O) groups excluding carboxylic acids is 1. The Kier molecular flexibility index (Phi) is 5.57. The lowest BCUT2D eigenvalue weighted by Gasteiger charge is -2.21. The van der Waals surface area contributed by atoms with Crippen LogP contribution in [0, 0.1) is 0 Å². The van der Waals surface area contributed by atoms with Gasteiger partial charge in [0.2, 0.25) is 0 Å². The molecule has 1 aliphatic heterocycles. The lowest BCUT2D eigenvalue weighted by Crippen LogP contribution is -2.19. The highest BCUT2D eigenvalue weighted by atomic mass is 32.2. The second-order valence-corrected chi connectivity index (χ2v) is 6.16. The molecule has 2 rings (SSSR count). The van der Waals surface area contributed by atoms with Crippen LogP contribution in [0.3, 0.4) is 0 Å². The Balaban J connectivity index is 2.28. The maximum Gasteiger partial charge on any atom is 0.417 e. The van der Waals surface area contributed by atoms with Gasteiger partial charge < -0.3 is 4.90 Å². The van der Waals surface area contributed by atoms with Crippen LogP contribution in [0.15, 0.2) is 46.5 Å². The first-order valence-electron chi connectivity index (χ1n) is 7.37. The highest BCUT2D eigenvalue weighted by Gasteiger charge is 2.34. The molecule has 1 aliphatic rings. The number of halogens is 3. The van der Waals surface area contributed by atoms with Crippen molar-refractivity contribution in [3.05, 3.63) is 57.6 Å². The topological polar surface area (TPSA) is 20.3 Å². The van der Waals surface area contributed by atoms with Crippen LogP contribution in [0.4, 0.5) is 13.2 Å². The average Bonchev–Trinajstić information content (AvgIpc) is 2.84. The van der Waals surface area contributed by atoms with Crippen LogP contribution < -0.4 is 0 Å². The molecule has 0 saturated carbocycles. The Morgan fingerprint density at radius 2 is 2.00 bits per heavy atom. The van der Waals surface area contributed by atoms with Gasteiger partial charge in [-0.25, -0.2) is 0 Å². The van der Waals surface area contributed by atoms with E-state index in [-0.39, 0.29) is 5.56 Å². The van der Waals surface area contributed by atoms with E-state index in [4.69, 9.17) is 0 Å². The maximum absolute atomic E-state index is 13.0. The number of rotatable bonds is 5. The van der Waals surface area contributed by atoms with Crippen LogP contribution in [0.1, 0.15) is 42.6 Å². The largest absolute Gasteiger partial charge is 0.417 e. The van der Waals surface area contributed by atoms with Crippen LogP contribution >= 0.6 is 11.8 Å². The number of carbonyl (C=O) groups is 1. The Labute approximate surface area is 138 Å². The van der Waals surface area contributed by atoms with E-state index in [1.807, 2.05) is 17.2 Å². The summed E-state index contributed by atoms with van der Waals surface area (Å²) < 4.78 is 39.1. The van der Waals surface area contributed by atoms with Gasteiger partial charge in [0.15, 0.2) is 5.78 Å². The van der Waals surface area contributed by atoms with Crippen molar-refractivity contribution in [1.82, 2.24) is 4.90 Å². The number of alkyl halides is 3. The lowest BCUT2D eigenvalue weighted by molar-refractivity contribution is -0.137. The van der Waals surface area contributed by atoms with Crippen LogP contribution in [-0.2, 0) is 6.18 Å². The molecule has 23 heavy (non-hydrogen) atoms. The quantitative estimate of drug-likeness (QED) is 0.525.